The highest BCUT2D eigenvalue weighted by Gasteiger charge is 2.28. The topological polar surface area (TPSA) is 111 Å². The van der Waals surface area contributed by atoms with Crippen LogP contribution in [0, 0.1) is 5.92 Å². The molecular formula is C30H38Cl2N6O4. The second-order valence-electron chi connectivity index (χ2n) is 10.5. The van der Waals surface area contributed by atoms with Crippen LogP contribution in [0.2, 0.25) is 10.0 Å². The maximum Gasteiger partial charge on any atom is 0.223 e. The summed E-state index contributed by atoms with van der Waals surface area (Å²) in [6, 6.07) is 3.37. The van der Waals surface area contributed by atoms with Crippen LogP contribution in [0.5, 0.6) is 11.5 Å². The summed E-state index contributed by atoms with van der Waals surface area (Å²) in [5.74, 6) is 1.94. The van der Waals surface area contributed by atoms with Crippen LogP contribution in [0.3, 0.4) is 0 Å². The number of nitrogens with zero attached hydrogens (tertiary/aromatic N) is 4. The first-order valence-corrected chi connectivity index (χ1v) is 14.7. The lowest BCUT2D eigenvalue weighted by Crippen LogP contribution is -2.40. The van der Waals surface area contributed by atoms with E-state index in [1.165, 1.54) is 20.3 Å². The van der Waals surface area contributed by atoms with Crippen molar-refractivity contribution in [2.45, 2.75) is 31.7 Å². The predicted molar refractivity (Wildman–Crippen MR) is 168 cm³/mol. The number of benzene rings is 1. The second-order valence-corrected chi connectivity index (χ2v) is 11.2. The van der Waals surface area contributed by atoms with Crippen molar-refractivity contribution < 1.29 is 19.0 Å². The highest BCUT2D eigenvalue weighted by molar-refractivity contribution is 6.41. The molecule has 0 unspecified atom stereocenters. The lowest BCUT2D eigenvalue weighted by atomic mass is 9.90. The minimum Gasteiger partial charge on any atom is -0.495 e. The Hall–Kier alpha value is -3.18. The van der Waals surface area contributed by atoms with Gasteiger partial charge in [-0.3, -0.25) is 4.79 Å². The summed E-state index contributed by atoms with van der Waals surface area (Å²) in [6.07, 6.45) is 6.23. The summed E-state index contributed by atoms with van der Waals surface area (Å²) in [4.78, 5) is 28.6. The fourth-order valence-corrected chi connectivity index (χ4v) is 5.62. The van der Waals surface area contributed by atoms with Gasteiger partial charge in [0, 0.05) is 42.8 Å². The van der Waals surface area contributed by atoms with Crippen molar-refractivity contribution in [3.8, 4) is 22.8 Å². The van der Waals surface area contributed by atoms with E-state index in [9.17, 15) is 4.79 Å². The first-order chi connectivity index (χ1) is 20.2. The molecule has 3 aromatic rings. The van der Waals surface area contributed by atoms with Gasteiger partial charge in [0.2, 0.25) is 5.95 Å². The molecule has 10 nitrogen and oxygen atoms in total. The maximum atomic E-state index is 12.1. The van der Waals surface area contributed by atoms with Crippen molar-refractivity contribution in [1.82, 2.24) is 19.9 Å². The van der Waals surface area contributed by atoms with Crippen molar-refractivity contribution in [2.24, 2.45) is 5.92 Å². The van der Waals surface area contributed by atoms with E-state index >= 15 is 0 Å². The van der Waals surface area contributed by atoms with Crippen molar-refractivity contribution in [1.29, 1.82) is 0 Å². The van der Waals surface area contributed by atoms with E-state index in [0.29, 0.717) is 76.3 Å². The molecule has 2 N–H and O–H groups in total. The normalized spacial score (nSPS) is 16.8. The Morgan fingerprint density at radius 3 is 2.57 bits per heavy atom. The molecule has 0 amide bonds. The van der Waals surface area contributed by atoms with E-state index in [4.69, 9.17) is 47.4 Å². The average Bonchev–Trinajstić information content (AvgIpc) is 2.98. The summed E-state index contributed by atoms with van der Waals surface area (Å²) in [5, 5.41) is 8.25. The number of ether oxygens (including phenoxy) is 3. The molecule has 0 bridgehead atoms. The number of halogens is 2. The summed E-state index contributed by atoms with van der Waals surface area (Å²) < 4.78 is 16.6. The molecule has 0 radical (unpaired) electrons. The maximum absolute atomic E-state index is 12.1. The second kappa shape index (κ2) is 14.8. The number of carbonyl (C=O) groups excluding carboxylic acids is 1. The number of allylic oxidation sites excluding steroid dienone is 1. The molecule has 4 rings (SSSR count). The molecule has 3 heterocycles. The Labute approximate surface area is 256 Å². The van der Waals surface area contributed by atoms with Crippen LogP contribution in [-0.2, 0) is 9.53 Å². The van der Waals surface area contributed by atoms with Crippen LogP contribution in [0.15, 0.2) is 31.0 Å². The van der Waals surface area contributed by atoms with Crippen molar-refractivity contribution in [2.75, 3.05) is 65.3 Å². The Balaban J connectivity index is 1.72. The molecule has 1 fully saturated rings. The molecule has 0 aliphatic carbocycles. The molecule has 0 saturated carbocycles. The third-order valence-corrected chi connectivity index (χ3v) is 7.98. The van der Waals surface area contributed by atoms with Gasteiger partial charge < -0.3 is 29.7 Å². The van der Waals surface area contributed by atoms with Crippen LogP contribution in [0.1, 0.15) is 25.7 Å². The number of methoxy groups -OCH3 is 2. The van der Waals surface area contributed by atoms with Crippen molar-refractivity contribution >= 4 is 51.7 Å². The van der Waals surface area contributed by atoms with Gasteiger partial charge in [-0.1, -0.05) is 29.8 Å². The Bertz CT molecular complexity index is 1390. The number of aromatic nitrogens is 3. The number of rotatable bonds is 14. The Kier molecular flexibility index (Phi) is 11.2. The molecule has 1 aromatic carbocycles. The van der Waals surface area contributed by atoms with Crippen LogP contribution >= 0.6 is 23.2 Å². The van der Waals surface area contributed by atoms with Crippen LogP contribution in [-0.4, -0.2) is 86.3 Å². The molecule has 1 aliphatic rings. The van der Waals surface area contributed by atoms with Gasteiger partial charge in [0.1, 0.15) is 17.0 Å². The SMILES string of the molecule is C=CC(=O)C[C@H]1CCOC[C@H]1Nc1ncc2cc(-c3c(Cl)c(OC)cc(OC)c3Cl)nc(NCCCCN(C)C)c2n1. The van der Waals surface area contributed by atoms with Gasteiger partial charge in [0.15, 0.2) is 11.6 Å². The van der Waals surface area contributed by atoms with Gasteiger partial charge in [-0.15, -0.1) is 0 Å². The Morgan fingerprint density at radius 1 is 1.17 bits per heavy atom. The fourth-order valence-electron chi connectivity index (χ4n) is 4.92. The number of pyridine rings is 1. The first kappa shape index (κ1) is 31.7. The van der Waals surface area contributed by atoms with Crippen LogP contribution in [0.25, 0.3) is 22.2 Å². The molecule has 12 heteroatoms. The quantitative estimate of drug-likeness (QED) is 0.172. The van der Waals surface area contributed by atoms with Gasteiger partial charge >= 0.3 is 0 Å². The fraction of sp³-hybridized carbons (Fsp3) is 0.467. The number of hydrogen-bond acceptors (Lipinski definition) is 10. The third-order valence-electron chi connectivity index (χ3n) is 7.23. The Morgan fingerprint density at radius 2 is 1.90 bits per heavy atom. The van der Waals surface area contributed by atoms with Crippen LogP contribution < -0.4 is 20.1 Å². The van der Waals surface area contributed by atoms with E-state index in [-0.39, 0.29) is 17.7 Å². The third kappa shape index (κ3) is 7.60. The molecular weight excluding hydrogens is 579 g/mol. The lowest BCUT2D eigenvalue weighted by molar-refractivity contribution is -0.116. The van der Waals surface area contributed by atoms with Gasteiger partial charge in [-0.05, 0) is 58.0 Å². The van der Waals surface area contributed by atoms with E-state index < -0.39 is 0 Å². The molecule has 2 atom stereocenters. The van der Waals surface area contributed by atoms with E-state index in [2.05, 4.69) is 41.2 Å². The van der Waals surface area contributed by atoms with Gasteiger partial charge in [-0.25, -0.2) is 15.0 Å². The molecule has 226 valence electrons. The smallest absolute Gasteiger partial charge is 0.223 e. The largest absolute Gasteiger partial charge is 0.495 e. The summed E-state index contributed by atoms with van der Waals surface area (Å²) >= 11 is 13.5. The molecule has 1 saturated heterocycles. The summed E-state index contributed by atoms with van der Waals surface area (Å²) in [6.45, 7) is 6.36. The van der Waals surface area contributed by atoms with E-state index in [1.807, 2.05) is 6.07 Å². The van der Waals surface area contributed by atoms with Gasteiger partial charge in [-0.2, -0.15) is 0 Å². The van der Waals surface area contributed by atoms with Crippen molar-refractivity contribution in [3.05, 3.63) is 41.0 Å². The first-order valence-electron chi connectivity index (χ1n) is 13.9. The average molecular weight is 618 g/mol. The number of nitrogens with one attached hydrogen (secondary N) is 2. The van der Waals surface area contributed by atoms with Gasteiger partial charge in [0.05, 0.1) is 42.6 Å². The highest BCUT2D eigenvalue weighted by atomic mass is 35.5. The zero-order chi connectivity index (χ0) is 30.2. The summed E-state index contributed by atoms with van der Waals surface area (Å²) in [5.41, 5.74) is 1.66. The monoisotopic (exact) mass is 616 g/mol. The zero-order valence-electron chi connectivity index (χ0n) is 24.5. The molecule has 1 aliphatic heterocycles. The van der Waals surface area contributed by atoms with E-state index in [0.717, 1.165) is 31.2 Å². The van der Waals surface area contributed by atoms with E-state index in [1.54, 1.807) is 12.3 Å². The number of fused-ring (bicyclic) bond motifs is 1. The lowest BCUT2D eigenvalue weighted by Gasteiger charge is -2.31. The molecule has 0 spiro atoms. The minimum absolute atomic E-state index is 0.0112. The number of ketones is 1. The van der Waals surface area contributed by atoms with Crippen molar-refractivity contribution in [3.63, 3.8) is 0 Å². The standard InChI is InChI=1S/C30H38Cl2N6O4/c1-6-20(39)13-18-9-12-42-17-22(18)36-30-34-16-19-14-21(25-26(31)23(40-4)15-24(41-5)27(25)32)35-29(28(19)37-30)33-10-7-8-11-38(2)3/h6,14-16,18,22H,1,7-13,17H2,2-5H3,(H,33,35)(H,34,36,37)/t18-,22-/m1/s1. The van der Waals surface area contributed by atoms with Crippen LogP contribution in [0.4, 0.5) is 11.8 Å². The molecule has 2 aromatic heterocycles. The van der Waals surface area contributed by atoms with Gasteiger partial charge in [0.25, 0.3) is 0 Å². The number of hydrogen-bond donors (Lipinski definition) is 2. The zero-order valence-corrected chi connectivity index (χ0v) is 26.0. The summed E-state index contributed by atoms with van der Waals surface area (Å²) in [7, 11) is 7.18. The predicted octanol–water partition coefficient (Wildman–Crippen LogP) is 5.73. The number of anilines is 2. The number of carbonyl (C=O) groups is 1. The molecule has 42 heavy (non-hydrogen) atoms. The number of unbranched alkanes of at least 4 members (excludes halogenated alkanes) is 1. The minimum atomic E-state index is -0.114. The highest BCUT2D eigenvalue weighted by Crippen LogP contribution is 2.46.